The molecule has 4 heterocycles. The number of thiophene rings is 2. The summed E-state index contributed by atoms with van der Waals surface area (Å²) >= 11 is 3.12. The summed E-state index contributed by atoms with van der Waals surface area (Å²) in [6.07, 6.45) is 0. The van der Waals surface area contributed by atoms with Crippen molar-refractivity contribution in [2.45, 2.75) is 0 Å². The smallest absolute Gasteiger partial charge is 0.166 e. The van der Waals surface area contributed by atoms with E-state index < -0.39 is 0 Å². The topological polar surface area (TPSA) is 43.6 Å². The van der Waals surface area contributed by atoms with E-state index in [0.717, 1.165) is 31.7 Å². The Morgan fingerprint density at radius 1 is 0.421 bits per heavy atom. The lowest BCUT2D eigenvalue weighted by molar-refractivity contribution is 1.06. The highest BCUT2D eigenvalue weighted by molar-refractivity contribution is 7.26. The Kier molecular flexibility index (Phi) is 6.00. The minimum absolute atomic E-state index is 0.00664. The van der Waals surface area contributed by atoms with Crippen molar-refractivity contribution in [3.05, 3.63) is 182 Å². The average Bonchev–Trinajstić information content (AvgIpc) is 4.01. The van der Waals surface area contributed by atoms with E-state index in [0.29, 0.717) is 66.0 Å². The number of hydrogen-bond acceptors (Lipinski definition) is 5. The third kappa shape index (κ3) is 5.08. The fourth-order valence-corrected chi connectivity index (χ4v) is 10.4. The van der Waals surface area contributed by atoms with Crippen LogP contribution in [0, 0.1) is 0 Å². The molecule has 12 rings (SSSR count). The van der Waals surface area contributed by atoms with Crippen molar-refractivity contribution in [3.8, 4) is 51.0 Å². The van der Waals surface area contributed by atoms with Gasteiger partial charge in [-0.25, -0.2) is 15.0 Å². The maximum Gasteiger partial charge on any atom is 0.166 e. The number of fused-ring (bicyclic) bond motifs is 10. The van der Waals surface area contributed by atoms with Crippen LogP contribution in [0.1, 0.15) is 8.22 Å². The normalized spacial score (nSPS) is 13.3. The molecule has 0 unspecified atom stereocenters. The molecule has 4 nitrogen and oxygen atoms in total. The second-order valence-electron chi connectivity index (χ2n) is 13.9. The summed E-state index contributed by atoms with van der Waals surface area (Å²) in [6, 6.07) is 47.4. The Labute approximate surface area is 344 Å². The fraction of sp³-hybridized carbons (Fsp3) is 0. The van der Waals surface area contributed by atoms with Gasteiger partial charge in [0.1, 0.15) is 0 Å². The van der Waals surface area contributed by atoms with E-state index in [2.05, 4.69) is 54.6 Å². The Balaban J connectivity index is 1.24. The van der Waals surface area contributed by atoms with Crippen LogP contribution >= 0.6 is 22.7 Å². The van der Waals surface area contributed by atoms with Gasteiger partial charge in [-0.2, -0.15) is 0 Å². The number of hydrogen-bond donors (Lipinski definition) is 0. The number of rotatable bonds is 5. The molecule has 0 saturated heterocycles. The highest BCUT2D eigenvalue weighted by atomic mass is 32.1. The largest absolute Gasteiger partial charge is 0.308 e. The maximum atomic E-state index is 9.50. The van der Waals surface area contributed by atoms with Gasteiger partial charge in [-0.1, -0.05) is 139 Å². The van der Waals surface area contributed by atoms with E-state index in [1.807, 2.05) is 83.4 Å². The molecule has 0 fully saturated rings. The molecule has 0 spiro atoms. The molecular weight excluding hydrogens is 733 g/mol. The predicted molar refractivity (Wildman–Crippen MR) is 242 cm³/mol. The summed E-state index contributed by atoms with van der Waals surface area (Å²) in [4.78, 5) is 15.4. The highest BCUT2D eigenvalue weighted by Crippen LogP contribution is 2.46. The zero-order valence-corrected chi connectivity index (χ0v) is 31.6. The van der Waals surface area contributed by atoms with Crippen LogP contribution in [-0.2, 0) is 0 Å². The van der Waals surface area contributed by atoms with Gasteiger partial charge in [-0.3, -0.25) is 0 Å². The van der Waals surface area contributed by atoms with E-state index in [4.69, 9.17) is 20.4 Å². The van der Waals surface area contributed by atoms with Crippen molar-refractivity contribution in [3.63, 3.8) is 0 Å². The van der Waals surface area contributed by atoms with Gasteiger partial charge in [0.05, 0.1) is 24.9 Å². The molecule has 6 heteroatoms. The van der Waals surface area contributed by atoms with Crippen LogP contribution in [0.3, 0.4) is 0 Å². The molecule has 0 aliphatic rings. The quantitative estimate of drug-likeness (QED) is 0.175. The summed E-state index contributed by atoms with van der Waals surface area (Å²) in [5, 5.41) is 4.44. The minimum Gasteiger partial charge on any atom is -0.308 e. The van der Waals surface area contributed by atoms with Crippen LogP contribution in [0.5, 0.6) is 0 Å². The zero-order chi connectivity index (χ0) is 42.7. The summed E-state index contributed by atoms with van der Waals surface area (Å²) in [6.45, 7) is 0. The number of aromatic nitrogens is 4. The number of benzene rings is 8. The Hall–Kier alpha value is -6.99. The molecule has 0 radical (unpaired) electrons. The molecule has 8 aromatic carbocycles. The first-order valence-electron chi connectivity index (χ1n) is 21.5. The molecule has 0 atom stereocenters. The Morgan fingerprint density at radius 2 is 1.12 bits per heavy atom. The monoisotopic (exact) mass is 768 g/mol. The summed E-state index contributed by atoms with van der Waals surface area (Å²) < 4.78 is 59.9. The van der Waals surface area contributed by atoms with Gasteiger partial charge in [0, 0.05) is 67.8 Å². The van der Waals surface area contributed by atoms with Crippen LogP contribution in [-0.4, -0.2) is 19.5 Å². The van der Waals surface area contributed by atoms with Crippen LogP contribution in [0.4, 0.5) is 0 Å². The summed E-state index contributed by atoms with van der Waals surface area (Å²) in [5.41, 5.74) is 5.98. The van der Waals surface area contributed by atoms with Crippen LogP contribution < -0.4 is 0 Å². The molecule has 0 bridgehead atoms. The highest BCUT2D eigenvalue weighted by Gasteiger charge is 2.23. The third-order valence-electron chi connectivity index (χ3n) is 10.6. The van der Waals surface area contributed by atoms with E-state index >= 15 is 0 Å². The maximum absolute atomic E-state index is 9.50. The van der Waals surface area contributed by atoms with Crippen LogP contribution in [0.2, 0.25) is 0 Å². The SMILES string of the molecule is [2H]c1cc([2H])c2sc3ccc4c(c5c([2H])c([2H])cc([2H])c5n4-c4ccc(-c5cccc6c5sc5ccccc56)cc4-c4nc(-c5ccccc5)nc(-c5ccccc5)n4)c3c2c1[2H]. The molecule has 12 aromatic rings. The molecule has 266 valence electrons. The molecule has 0 aliphatic heterocycles. The van der Waals surface area contributed by atoms with E-state index in [-0.39, 0.29) is 36.3 Å². The van der Waals surface area contributed by atoms with Gasteiger partial charge in [-0.05, 0) is 53.5 Å². The van der Waals surface area contributed by atoms with Crippen molar-refractivity contribution in [1.82, 2.24) is 19.5 Å². The standard InChI is InChI=1S/C51H30N4S2/c1-3-14-31(15-4-1)49-52-50(32-16-5-2-6-17-32)54-51(53-49)39-30-33(34-21-13-22-36-35-18-8-11-24-43(35)57-48(34)36)26-27-41(39)55-40-23-10-7-19-37(40)46-42(55)28-29-45-47(46)38-20-9-12-25-44(38)56-45/h1-30H/i7D,9D,19D,20D,23D,25D. The Bertz CT molecular complexity index is 3820. The van der Waals surface area contributed by atoms with Gasteiger partial charge in [0.25, 0.3) is 0 Å². The summed E-state index contributed by atoms with van der Waals surface area (Å²) in [5.74, 6) is 1.39. The first kappa shape index (κ1) is 26.8. The van der Waals surface area contributed by atoms with Crippen molar-refractivity contribution >= 4 is 84.8 Å². The molecule has 0 saturated carbocycles. The molecule has 57 heavy (non-hydrogen) atoms. The molecular formula is C51H30N4S2. The zero-order valence-electron chi connectivity index (χ0n) is 36.0. The van der Waals surface area contributed by atoms with Gasteiger partial charge in [0.2, 0.25) is 0 Å². The van der Waals surface area contributed by atoms with E-state index in [1.54, 1.807) is 11.3 Å². The second-order valence-corrected chi connectivity index (χ2v) is 16.0. The molecule has 0 aliphatic carbocycles. The van der Waals surface area contributed by atoms with Crippen molar-refractivity contribution in [1.29, 1.82) is 0 Å². The van der Waals surface area contributed by atoms with Crippen LogP contribution in [0.25, 0.3) is 113 Å². The average molecular weight is 769 g/mol. The van der Waals surface area contributed by atoms with Gasteiger partial charge >= 0.3 is 0 Å². The number of nitrogens with zero attached hydrogens (tertiary/aromatic N) is 4. The number of para-hydroxylation sites is 1. The lowest BCUT2D eigenvalue weighted by Gasteiger charge is -2.16. The molecule has 0 N–H and O–H groups in total. The van der Waals surface area contributed by atoms with E-state index in [9.17, 15) is 2.74 Å². The lowest BCUT2D eigenvalue weighted by atomic mass is 9.99. The summed E-state index contributed by atoms with van der Waals surface area (Å²) in [7, 11) is 0. The van der Waals surface area contributed by atoms with E-state index in [1.165, 1.54) is 38.9 Å². The molecule has 4 aromatic heterocycles. The third-order valence-corrected chi connectivity index (χ3v) is 12.9. The first-order chi connectivity index (χ1) is 30.7. The first-order valence-corrected chi connectivity index (χ1v) is 20.2. The molecule has 0 amide bonds. The van der Waals surface area contributed by atoms with Gasteiger partial charge in [-0.15, -0.1) is 22.7 Å². The van der Waals surface area contributed by atoms with Crippen molar-refractivity contribution in [2.75, 3.05) is 0 Å². The fourth-order valence-electron chi connectivity index (χ4n) is 8.10. The predicted octanol–water partition coefficient (Wildman–Crippen LogP) is 14.4. The van der Waals surface area contributed by atoms with Crippen molar-refractivity contribution in [2.24, 2.45) is 0 Å². The second kappa shape index (κ2) is 12.8. The Morgan fingerprint density at radius 3 is 1.93 bits per heavy atom. The van der Waals surface area contributed by atoms with Gasteiger partial charge in [0.15, 0.2) is 17.5 Å². The minimum atomic E-state index is -0.0963. The van der Waals surface area contributed by atoms with Gasteiger partial charge < -0.3 is 4.57 Å². The lowest BCUT2D eigenvalue weighted by Crippen LogP contribution is -2.04. The van der Waals surface area contributed by atoms with Crippen LogP contribution in [0.15, 0.2) is 182 Å². The van der Waals surface area contributed by atoms with Crippen molar-refractivity contribution < 1.29 is 8.22 Å².